The number of anilines is 1. The molecule has 1 aliphatic rings. The summed E-state index contributed by atoms with van der Waals surface area (Å²) in [5, 5.41) is 0. The van der Waals surface area contributed by atoms with Crippen LogP contribution in [0.2, 0.25) is 0 Å². The molecule has 1 aromatic carbocycles. The minimum atomic E-state index is -3.36. The summed E-state index contributed by atoms with van der Waals surface area (Å²) < 4.78 is 25.3. The van der Waals surface area contributed by atoms with Crippen molar-refractivity contribution >= 4 is 15.7 Å². The maximum atomic E-state index is 12.0. The van der Waals surface area contributed by atoms with Gasteiger partial charge in [-0.3, -0.25) is 0 Å². The van der Waals surface area contributed by atoms with E-state index in [2.05, 4.69) is 11.8 Å². The van der Waals surface area contributed by atoms with E-state index in [1.54, 1.807) is 12.1 Å². The van der Waals surface area contributed by atoms with Gasteiger partial charge in [-0.05, 0) is 36.6 Å². The molecule has 1 fully saturated rings. The van der Waals surface area contributed by atoms with Gasteiger partial charge in [0.15, 0.2) is 0 Å². The average molecular weight is 297 g/mol. The van der Waals surface area contributed by atoms with E-state index in [0.717, 1.165) is 18.7 Å². The molecule has 0 amide bonds. The lowest BCUT2D eigenvalue weighted by Gasteiger charge is -2.28. The number of hydrogen-bond donors (Lipinski definition) is 1. The summed E-state index contributed by atoms with van der Waals surface area (Å²) in [5.41, 5.74) is 6.89. The highest BCUT2D eigenvalue weighted by molar-refractivity contribution is 7.89. The van der Waals surface area contributed by atoms with Gasteiger partial charge in [0, 0.05) is 38.9 Å². The molecule has 1 saturated heterocycles. The first-order chi connectivity index (χ1) is 9.37. The van der Waals surface area contributed by atoms with Gasteiger partial charge in [0.1, 0.15) is 0 Å². The SMILES string of the molecule is CC1CCN(c2ccc(S(=O)(=O)N(C)C)cc2)C1CN. The van der Waals surface area contributed by atoms with Crippen molar-refractivity contribution in [3.05, 3.63) is 24.3 Å². The first-order valence-corrected chi connectivity index (χ1v) is 8.31. The molecule has 1 aliphatic heterocycles. The third-order valence-corrected chi connectivity index (χ3v) is 5.90. The van der Waals surface area contributed by atoms with Crippen LogP contribution in [0.1, 0.15) is 13.3 Å². The zero-order valence-electron chi connectivity index (χ0n) is 12.3. The second kappa shape index (κ2) is 5.71. The number of benzene rings is 1. The lowest BCUT2D eigenvalue weighted by Crippen LogP contribution is -2.38. The number of nitrogens with zero attached hydrogens (tertiary/aromatic N) is 2. The monoisotopic (exact) mass is 297 g/mol. The predicted octanol–water partition coefficient (Wildman–Crippen LogP) is 1.11. The molecular weight excluding hydrogens is 274 g/mol. The van der Waals surface area contributed by atoms with Crippen molar-refractivity contribution in [1.82, 2.24) is 4.31 Å². The molecule has 20 heavy (non-hydrogen) atoms. The van der Waals surface area contributed by atoms with Crippen molar-refractivity contribution in [3.8, 4) is 0 Å². The second-order valence-corrected chi connectivity index (χ2v) is 7.70. The Kier molecular flexibility index (Phi) is 4.36. The van der Waals surface area contributed by atoms with Crippen LogP contribution < -0.4 is 10.6 Å². The van der Waals surface area contributed by atoms with Crippen LogP contribution in [0.15, 0.2) is 29.2 Å². The van der Waals surface area contributed by atoms with Crippen LogP contribution >= 0.6 is 0 Å². The minimum absolute atomic E-state index is 0.322. The van der Waals surface area contributed by atoms with Crippen LogP contribution in [0, 0.1) is 5.92 Å². The zero-order valence-corrected chi connectivity index (χ0v) is 13.1. The van der Waals surface area contributed by atoms with Crippen LogP contribution in [-0.4, -0.2) is 45.9 Å². The van der Waals surface area contributed by atoms with Gasteiger partial charge in [-0.1, -0.05) is 6.92 Å². The third-order valence-electron chi connectivity index (χ3n) is 4.07. The smallest absolute Gasteiger partial charge is 0.242 e. The Morgan fingerprint density at radius 1 is 1.30 bits per heavy atom. The first kappa shape index (κ1) is 15.3. The predicted molar refractivity (Wildman–Crippen MR) is 81.3 cm³/mol. The Balaban J connectivity index is 2.25. The molecule has 2 rings (SSSR count). The Morgan fingerprint density at radius 2 is 1.90 bits per heavy atom. The van der Waals surface area contributed by atoms with Gasteiger partial charge in [0.2, 0.25) is 10.0 Å². The van der Waals surface area contributed by atoms with E-state index in [4.69, 9.17) is 5.73 Å². The first-order valence-electron chi connectivity index (χ1n) is 6.87. The average Bonchev–Trinajstić information content (AvgIpc) is 2.79. The topological polar surface area (TPSA) is 66.6 Å². The molecule has 0 aromatic heterocycles. The number of sulfonamides is 1. The van der Waals surface area contributed by atoms with E-state index in [1.807, 2.05) is 12.1 Å². The molecule has 1 heterocycles. The highest BCUT2D eigenvalue weighted by atomic mass is 32.2. The van der Waals surface area contributed by atoms with E-state index < -0.39 is 10.0 Å². The van der Waals surface area contributed by atoms with Crippen LogP contribution in [0.4, 0.5) is 5.69 Å². The fourth-order valence-electron chi connectivity index (χ4n) is 2.71. The Bertz CT molecular complexity index is 554. The molecule has 1 aromatic rings. The molecule has 0 saturated carbocycles. The fourth-order valence-corrected chi connectivity index (χ4v) is 3.61. The molecule has 0 spiro atoms. The molecular formula is C14H23N3O2S. The summed E-state index contributed by atoms with van der Waals surface area (Å²) in [4.78, 5) is 2.60. The minimum Gasteiger partial charge on any atom is -0.367 e. The normalized spacial score (nSPS) is 23.6. The number of nitrogens with two attached hydrogens (primary N) is 1. The van der Waals surface area contributed by atoms with Crippen molar-refractivity contribution in [3.63, 3.8) is 0 Å². The number of hydrogen-bond acceptors (Lipinski definition) is 4. The summed E-state index contributed by atoms with van der Waals surface area (Å²) in [6, 6.07) is 7.42. The van der Waals surface area contributed by atoms with Gasteiger partial charge in [-0.25, -0.2) is 12.7 Å². The van der Waals surface area contributed by atoms with Crippen molar-refractivity contribution < 1.29 is 8.42 Å². The molecule has 0 bridgehead atoms. The molecule has 2 N–H and O–H groups in total. The maximum Gasteiger partial charge on any atom is 0.242 e. The van der Waals surface area contributed by atoms with Crippen molar-refractivity contribution in [1.29, 1.82) is 0 Å². The Morgan fingerprint density at radius 3 is 2.40 bits per heavy atom. The summed E-state index contributed by atoms with van der Waals surface area (Å²) in [6.07, 6.45) is 1.12. The van der Waals surface area contributed by atoms with Crippen LogP contribution in [0.25, 0.3) is 0 Å². The lowest BCUT2D eigenvalue weighted by atomic mass is 10.0. The van der Waals surface area contributed by atoms with E-state index in [9.17, 15) is 8.42 Å². The highest BCUT2D eigenvalue weighted by Gasteiger charge is 2.30. The molecule has 2 atom stereocenters. The Hall–Kier alpha value is -1.11. The molecule has 5 nitrogen and oxygen atoms in total. The van der Waals surface area contributed by atoms with Crippen LogP contribution in [-0.2, 0) is 10.0 Å². The summed E-state index contributed by atoms with van der Waals surface area (Å²) in [7, 11) is -0.282. The summed E-state index contributed by atoms with van der Waals surface area (Å²) >= 11 is 0. The highest BCUT2D eigenvalue weighted by Crippen LogP contribution is 2.29. The Labute approximate surface area is 121 Å². The quantitative estimate of drug-likeness (QED) is 0.904. The zero-order chi connectivity index (χ0) is 14.9. The van der Waals surface area contributed by atoms with E-state index in [0.29, 0.717) is 23.4 Å². The van der Waals surface area contributed by atoms with Gasteiger partial charge in [-0.2, -0.15) is 0 Å². The second-order valence-electron chi connectivity index (χ2n) is 5.54. The standard InChI is InChI=1S/C14H23N3O2S/c1-11-8-9-17(14(11)10-15)12-4-6-13(7-5-12)20(18,19)16(2)3/h4-7,11,14H,8-10,15H2,1-3H3. The molecule has 112 valence electrons. The van der Waals surface area contributed by atoms with Gasteiger partial charge in [0.05, 0.1) is 4.90 Å². The van der Waals surface area contributed by atoms with Gasteiger partial charge in [0.25, 0.3) is 0 Å². The third kappa shape index (κ3) is 2.68. The van der Waals surface area contributed by atoms with Crippen LogP contribution in [0.5, 0.6) is 0 Å². The van der Waals surface area contributed by atoms with Crippen molar-refractivity contribution in [2.75, 3.05) is 32.1 Å². The van der Waals surface area contributed by atoms with E-state index in [1.165, 1.54) is 18.4 Å². The lowest BCUT2D eigenvalue weighted by molar-refractivity contribution is 0.518. The maximum absolute atomic E-state index is 12.0. The molecule has 0 aliphatic carbocycles. The molecule has 6 heteroatoms. The van der Waals surface area contributed by atoms with Gasteiger partial charge < -0.3 is 10.6 Å². The van der Waals surface area contributed by atoms with Crippen LogP contribution in [0.3, 0.4) is 0 Å². The number of rotatable bonds is 4. The van der Waals surface area contributed by atoms with Crippen molar-refractivity contribution in [2.45, 2.75) is 24.3 Å². The largest absolute Gasteiger partial charge is 0.367 e. The van der Waals surface area contributed by atoms with Gasteiger partial charge >= 0.3 is 0 Å². The van der Waals surface area contributed by atoms with Gasteiger partial charge in [-0.15, -0.1) is 0 Å². The van der Waals surface area contributed by atoms with E-state index in [-0.39, 0.29) is 0 Å². The fraction of sp³-hybridized carbons (Fsp3) is 0.571. The van der Waals surface area contributed by atoms with Crippen molar-refractivity contribution in [2.24, 2.45) is 11.7 Å². The molecule has 2 unspecified atom stereocenters. The van der Waals surface area contributed by atoms with E-state index >= 15 is 0 Å². The summed E-state index contributed by atoms with van der Waals surface area (Å²) in [5.74, 6) is 0.574. The summed E-state index contributed by atoms with van der Waals surface area (Å²) in [6.45, 7) is 3.81. The molecule has 0 radical (unpaired) electrons.